The summed E-state index contributed by atoms with van der Waals surface area (Å²) in [7, 11) is 0. The van der Waals surface area contributed by atoms with Crippen molar-refractivity contribution >= 4 is 35.3 Å². The number of ether oxygens (including phenoxy) is 3. The molecule has 0 amide bonds. The fourth-order valence-electron chi connectivity index (χ4n) is 4.66. The molecule has 43 heavy (non-hydrogen) atoms. The molecule has 1 N–H and O–H groups in total. The minimum atomic E-state index is -0.624. The molecule has 5 rings (SSSR count). The van der Waals surface area contributed by atoms with Crippen molar-refractivity contribution in [3.63, 3.8) is 0 Å². The van der Waals surface area contributed by atoms with Gasteiger partial charge in [0.1, 0.15) is 19.3 Å². The number of allylic oxidation sites excluding steroid dienone is 1. The summed E-state index contributed by atoms with van der Waals surface area (Å²) in [6, 6.07) is 20.9. The molecule has 0 saturated heterocycles. The second kappa shape index (κ2) is 13.8. The SMILES string of the molecule is C=CCOC(=O)C1=C(C)Nc2nc(SCc3ccccc3Cl)nn2C1c1ccc(OCc2ccc(C)cc2)c(OCC)c1. The first-order chi connectivity index (χ1) is 20.9. The van der Waals surface area contributed by atoms with Crippen molar-refractivity contribution in [2.45, 2.75) is 44.3 Å². The lowest BCUT2D eigenvalue weighted by atomic mass is 9.95. The minimum Gasteiger partial charge on any atom is -0.490 e. The van der Waals surface area contributed by atoms with Gasteiger partial charge in [0.25, 0.3) is 0 Å². The largest absolute Gasteiger partial charge is 0.490 e. The summed E-state index contributed by atoms with van der Waals surface area (Å²) >= 11 is 7.83. The van der Waals surface area contributed by atoms with Crippen LogP contribution in [0.5, 0.6) is 11.5 Å². The highest BCUT2D eigenvalue weighted by atomic mass is 35.5. The lowest BCUT2D eigenvalue weighted by Gasteiger charge is -2.28. The standard InChI is InChI=1S/C33H33ClN4O4S/c1-5-17-41-31(39)29-22(4)35-32-36-33(43-20-25-9-7-8-10-26(25)34)37-38(32)30(29)24-15-16-27(28(18-24)40-6-2)42-19-23-13-11-21(3)12-14-23/h5,7-16,18,30H,1,6,17,19-20H2,2-4H3,(H,35,36,37). The lowest BCUT2D eigenvalue weighted by Crippen LogP contribution is -2.29. The summed E-state index contributed by atoms with van der Waals surface area (Å²) in [5.74, 6) is 1.81. The van der Waals surface area contributed by atoms with E-state index in [1.54, 1.807) is 4.68 Å². The number of aromatic nitrogens is 3. The van der Waals surface area contributed by atoms with Gasteiger partial charge >= 0.3 is 5.97 Å². The molecule has 222 valence electrons. The highest BCUT2D eigenvalue weighted by molar-refractivity contribution is 7.98. The van der Waals surface area contributed by atoms with Gasteiger partial charge in [0.15, 0.2) is 11.5 Å². The van der Waals surface area contributed by atoms with E-state index in [1.807, 2.05) is 68.4 Å². The Balaban J connectivity index is 1.49. The number of hydrogen-bond donors (Lipinski definition) is 1. The van der Waals surface area contributed by atoms with Crippen molar-refractivity contribution in [3.05, 3.63) is 118 Å². The third kappa shape index (κ3) is 7.06. The number of hydrogen-bond acceptors (Lipinski definition) is 8. The van der Waals surface area contributed by atoms with Gasteiger partial charge in [-0.3, -0.25) is 0 Å². The average Bonchev–Trinajstić information content (AvgIpc) is 3.41. The maximum absolute atomic E-state index is 13.4. The molecule has 8 nitrogen and oxygen atoms in total. The Bertz CT molecular complexity index is 1650. The summed E-state index contributed by atoms with van der Waals surface area (Å²) < 4.78 is 19.4. The van der Waals surface area contributed by atoms with Crippen molar-refractivity contribution in [2.75, 3.05) is 18.5 Å². The number of fused-ring (bicyclic) bond motifs is 1. The van der Waals surface area contributed by atoms with Crippen molar-refractivity contribution in [3.8, 4) is 11.5 Å². The van der Waals surface area contributed by atoms with Crippen LogP contribution in [0.15, 0.2) is 95.8 Å². The summed E-state index contributed by atoms with van der Waals surface area (Å²) in [6.45, 7) is 10.4. The van der Waals surface area contributed by atoms with Crippen LogP contribution in [0.25, 0.3) is 0 Å². The van der Waals surface area contributed by atoms with E-state index in [1.165, 1.54) is 23.4 Å². The minimum absolute atomic E-state index is 0.0848. The van der Waals surface area contributed by atoms with Gasteiger partial charge < -0.3 is 19.5 Å². The molecule has 1 unspecified atom stereocenters. The molecule has 0 bridgehead atoms. The third-order valence-corrected chi connectivity index (χ3v) is 8.05. The number of anilines is 1. The van der Waals surface area contributed by atoms with E-state index in [9.17, 15) is 4.79 Å². The van der Waals surface area contributed by atoms with Crippen LogP contribution in [-0.4, -0.2) is 33.9 Å². The van der Waals surface area contributed by atoms with Gasteiger partial charge in [-0.15, -0.1) is 5.10 Å². The molecule has 0 radical (unpaired) electrons. The molecule has 0 spiro atoms. The molecule has 0 aliphatic carbocycles. The Morgan fingerprint density at radius 3 is 2.63 bits per heavy atom. The molecule has 1 aliphatic rings. The summed E-state index contributed by atoms with van der Waals surface area (Å²) in [5, 5.41) is 9.28. The van der Waals surface area contributed by atoms with Crippen LogP contribution in [0.4, 0.5) is 5.95 Å². The van der Waals surface area contributed by atoms with Crippen LogP contribution in [0, 0.1) is 6.92 Å². The second-order valence-electron chi connectivity index (χ2n) is 9.91. The van der Waals surface area contributed by atoms with Gasteiger partial charge in [0.05, 0.1) is 12.2 Å². The van der Waals surface area contributed by atoms with Crippen LogP contribution in [0.3, 0.4) is 0 Å². The molecule has 1 atom stereocenters. The molecule has 0 fully saturated rings. The number of esters is 1. The highest BCUT2D eigenvalue weighted by Crippen LogP contribution is 2.40. The van der Waals surface area contributed by atoms with Crippen molar-refractivity contribution in [2.24, 2.45) is 0 Å². The van der Waals surface area contributed by atoms with E-state index in [-0.39, 0.29) is 6.61 Å². The van der Waals surface area contributed by atoms with Crippen LogP contribution >= 0.6 is 23.4 Å². The number of benzene rings is 3. The molecule has 3 aromatic carbocycles. The normalized spacial score (nSPS) is 14.1. The van der Waals surface area contributed by atoms with E-state index in [2.05, 4.69) is 31.0 Å². The predicted molar refractivity (Wildman–Crippen MR) is 170 cm³/mol. The smallest absolute Gasteiger partial charge is 0.338 e. The first-order valence-electron chi connectivity index (χ1n) is 13.9. The first kappa shape index (κ1) is 30.3. The van der Waals surface area contributed by atoms with Gasteiger partial charge in [0.2, 0.25) is 11.1 Å². The zero-order valence-electron chi connectivity index (χ0n) is 24.3. The Labute approximate surface area is 260 Å². The van der Waals surface area contributed by atoms with E-state index in [4.69, 9.17) is 35.9 Å². The monoisotopic (exact) mass is 616 g/mol. The number of carbonyl (C=O) groups is 1. The maximum Gasteiger partial charge on any atom is 0.338 e. The summed E-state index contributed by atoms with van der Waals surface area (Å²) in [4.78, 5) is 18.1. The van der Waals surface area contributed by atoms with Crippen LogP contribution in [0.1, 0.15) is 42.1 Å². The van der Waals surface area contributed by atoms with Crippen molar-refractivity contribution in [1.29, 1.82) is 0 Å². The molecule has 4 aromatic rings. The van der Waals surface area contributed by atoms with E-state index in [0.29, 0.717) is 57.9 Å². The summed E-state index contributed by atoms with van der Waals surface area (Å²) in [5.41, 5.74) is 5.03. The third-order valence-electron chi connectivity index (χ3n) is 6.80. The predicted octanol–water partition coefficient (Wildman–Crippen LogP) is 7.53. The number of thioether (sulfide) groups is 1. The number of aryl methyl sites for hydroxylation is 1. The quantitative estimate of drug-likeness (QED) is 0.0993. The molecule has 0 saturated carbocycles. The molecular formula is C33H33ClN4O4S. The van der Waals surface area contributed by atoms with E-state index >= 15 is 0 Å². The number of carbonyl (C=O) groups excluding carboxylic acids is 1. The maximum atomic E-state index is 13.4. The Kier molecular flexibility index (Phi) is 9.74. The Morgan fingerprint density at radius 1 is 1.09 bits per heavy atom. The van der Waals surface area contributed by atoms with Gasteiger partial charge in [0, 0.05) is 16.5 Å². The van der Waals surface area contributed by atoms with Crippen molar-refractivity contribution < 1.29 is 19.0 Å². The molecule has 2 heterocycles. The number of nitrogens with one attached hydrogen (secondary N) is 1. The van der Waals surface area contributed by atoms with E-state index in [0.717, 1.165) is 16.7 Å². The van der Waals surface area contributed by atoms with Crippen LogP contribution in [0.2, 0.25) is 5.02 Å². The molecular weight excluding hydrogens is 584 g/mol. The highest BCUT2D eigenvalue weighted by Gasteiger charge is 2.36. The van der Waals surface area contributed by atoms with E-state index < -0.39 is 12.0 Å². The van der Waals surface area contributed by atoms with Gasteiger partial charge in [-0.25, -0.2) is 9.48 Å². The Morgan fingerprint density at radius 2 is 1.88 bits per heavy atom. The zero-order chi connectivity index (χ0) is 30.3. The van der Waals surface area contributed by atoms with Gasteiger partial charge in [-0.1, -0.05) is 90.1 Å². The second-order valence-corrected chi connectivity index (χ2v) is 11.3. The van der Waals surface area contributed by atoms with Crippen LogP contribution in [-0.2, 0) is 21.9 Å². The topological polar surface area (TPSA) is 87.5 Å². The van der Waals surface area contributed by atoms with Gasteiger partial charge in [-0.05, 0) is 55.7 Å². The molecule has 10 heteroatoms. The average molecular weight is 617 g/mol. The van der Waals surface area contributed by atoms with Crippen molar-refractivity contribution in [1.82, 2.24) is 14.8 Å². The number of rotatable bonds is 12. The van der Waals surface area contributed by atoms with Crippen LogP contribution < -0.4 is 14.8 Å². The summed E-state index contributed by atoms with van der Waals surface area (Å²) in [6.07, 6.45) is 1.54. The zero-order valence-corrected chi connectivity index (χ0v) is 25.9. The first-order valence-corrected chi connectivity index (χ1v) is 15.3. The number of nitrogens with zero attached hydrogens (tertiary/aromatic N) is 3. The fraction of sp³-hybridized carbons (Fsp3) is 0.242. The Hall–Kier alpha value is -4.21. The molecule has 1 aliphatic heterocycles. The van der Waals surface area contributed by atoms with Gasteiger partial charge in [-0.2, -0.15) is 4.98 Å². The fourth-order valence-corrected chi connectivity index (χ4v) is 5.78. The lowest BCUT2D eigenvalue weighted by molar-refractivity contribution is -0.138. The number of halogens is 1. The molecule has 1 aromatic heterocycles.